The highest BCUT2D eigenvalue weighted by Crippen LogP contribution is 2.26. The molecule has 0 atom stereocenters. The van der Waals surface area contributed by atoms with Crippen molar-refractivity contribution in [3.63, 3.8) is 0 Å². The van der Waals surface area contributed by atoms with E-state index >= 15 is 0 Å². The summed E-state index contributed by atoms with van der Waals surface area (Å²) in [6.07, 6.45) is 3.32. The summed E-state index contributed by atoms with van der Waals surface area (Å²) in [5.41, 5.74) is 6.63. The minimum atomic E-state index is -0.447. The minimum Gasteiger partial charge on any atom is -0.366 e. The zero-order chi connectivity index (χ0) is 13.9. The number of hydrogen-bond donors (Lipinski definition) is 2. The van der Waals surface area contributed by atoms with Gasteiger partial charge in [0, 0.05) is 29.0 Å². The van der Waals surface area contributed by atoms with E-state index in [2.05, 4.69) is 15.3 Å². The van der Waals surface area contributed by atoms with Crippen molar-refractivity contribution in [1.29, 1.82) is 0 Å². The van der Waals surface area contributed by atoms with Crippen LogP contribution in [0, 0.1) is 0 Å². The van der Waals surface area contributed by atoms with Crippen molar-refractivity contribution in [2.75, 3.05) is 5.32 Å². The average molecular weight is 264 g/mol. The molecule has 1 aromatic heterocycles. The van der Waals surface area contributed by atoms with Crippen molar-refractivity contribution in [3.05, 3.63) is 60.4 Å². The Kier molecular flexibility index (Phi) is 3.01. The smallest absolute Gasteiger partial charge is 0.248 e. The van der Waals surface area contributed by atoms with E-state index < -0.39 is 5.91 Å². The van der Waals surface area contributed by atoms with Crippen molar-refractivity contribution in [2.45, 2.75) is 0 Å². The van der Waals surface area contributed by atoms with Crippen LogP contribution < -0.4 is 11.1 Å². The Bertz CT molecular complexity index is 771. The highest BCUT2D eigenvalue weighted by atomic mass is 16.1. The number of aromatic nitrogens is 2. The van der Waals surface area contributed by atoms with Gasteiger partial charge in [-0.3, -0.25) is 4.79 Å². The first-order chi connectivity index (χ1) is 9.74. The summed E-state index contributed by atoms with van der Waals surface area (Å²) in [6, 6.07) is 12.9. The normalized spacial score (nSPS) is 10.4. The van der Waals surface area contributed by atoms with E-state index in [0.29, 0.717) is 11.5 Å². The first-order valence-electron chi connectivity index (χ1n) is 6.11. The first-order valence-corrected chi connectivity index (χ1v) is 6.11. The van der Waals surface area contributed by atoms with Gasteiger partial charge < -0.3 is 11.1 Å². The lowest BCUT2D eigenvalue weighted by molar-refractivity contribution is 0.100. The van der Waals surface area contributed by atoms with Gasteiger partial charge in [0.2, 0.25) is 11.9 Å². The van der Waals surface area contributed by atoms with Gasteiger partial charge in [0.1, 0.15) is 0 Å². The number of benzene rings is 2. The van der Waals surface area contributed by atoms with Crippen LogP contribution in [0.5, 0.6) is 0 Å². The number of carbonyl (C=O) groups excluding carboxylic acids is 1. The van der Waals surface area contributed by atoms with Gasteiger partial charge in [-0.05, 0) is 29.7 Å². The van der Waals surface area contributed by atoms with Gasteiger partial charge >= 0.3 is 0 Å². The number of nitrogens with zero attached hydrogens (tertiary/aromatic N) is 2. The molecule has 0 aliphatic heterocycles. The van der Waals surface area contributed by atoms with Crippen LogP contribution in [-0.2, 0) is 0 Å². The maximum absolute atomic E-state index is 11.3. The van der Waals surface area contributed by atoms with E-state index in [-0.39, 0.29) is 0 Å². The lowest BCUT2D eigenvalue weighted by atomic mass is 10.0. The number of amides is 1. The highest BCUT2D eigenvalue weighted by Gasteiger charge is 2.06. The molecular weight excluding hydrogens is 252 g/mol. The molecule has 1 heterocycles. The van der Waals surface area contributed by atoms with Crippen LogP contribution in [-0.4, -0.2) is 15.9 Å². The van der Waals surface area contributed by atoms with E-state index in [9.17, 15) is 4.79 Å². The Morgan fingerprint density at radius 1 is 1.05 bits per heavy atom. The van der Waals surface area contributed by atoms with E-state index in [1.165, 1.54) is 0 Å². The van der Waals surface area contributed by atoms with Gasteiger partial charge in [-0.1, -0.05) is 18.2 Å². The predicted octanol–water partition coefficient (Wildman–Crippen LogP) is 2.47. The molecule has 0 bridgehead atoms. The van der Waals surface area contributed by atoms with Crippen LogP contribution in [0.1, 0.15) is 10.4 Å². The molecule has 0 unspecified atom stereocenters. The van der Waals surface area contributed by atoms with Crippen molar-refractivity contribution < 1.29 is 4.79 Å². The molecule has 3 rings (SSSR count). The number of carbonyl (C=O) groups is 1. The molecule has 0 saturated carbocycles. The van der Waals surface area contributed by atoms with Crippen molar-refractivity contribution in [1.82, 2.24) is 9.97 Å². The molecule has 5 nitrogen and oxygen atoms in total. The number of fused-ring (bicyclic) bond motifs is 1. The Hall–Kier alpha value is -2.95. The summed E-state index contributed by atoms with van der Waals surface area (Å²) in [5.74, 6) is 0.0575. The third-order valence-corrected chi connectivity index (χ3v) is 2.98. The third kappa shape index (κ3) is 2.29. The monoisotopic (exact) mass is 264 g/mol. The quantitative estimate of drug-likeness (QED) is 0.761. The van der Waals surface area contributed by atoms with E-state index in [1.807, 2.05) is 24.3 Å². The van der Waals surface area contributed by atoms with Crippen LogP contribution in [0.25, 0.3) is 10.8 Å². The van der Waals surface area contributed by atoms with Crippen LogP contribution in [0.2, 0.25) is 0 Å². The van der Waals surface area contributed by atoms with Gasteiger partial charge in [-0.2, -0.15) is 0 Å². The summed E-state index contributed by atoms with van der Waals surface area (Å²) >= 11 is 0. The molecular formula is C15H12N4O. The molecule has 3 aromatic rings. The number of rotatable bonds is 3. The summed E-state index contributed by atoms with van der Waals surface area (Å²) in [6.45, 7) is 0. The molecule has 0 saturated heterocycles. The molecule has 0 aliphatic carbocycles. The van der Waals surface area contributed by atoms with Crippen LogP contribution in [0.3, 0.4) is 0 Å². The average Bonchev–Trinajstić information content (AvgIpc) is 2.48. The van der Waals surface area contributed by atoms with Gasteiger partial charge in [0.15, 0.2) is 0 Å². The molecule has 98 valence electrons. The highest BCUT2D eigenvalue weighted by molar-refractivity contribution is 6.02. The second-order valence-corrected chi connectivity index (χ2v) is 4.30. The Labute approximate surface area is 115 Å². The Morgan fingerprint density at radius 2 is 1.85 bits per heavy atom. The largest absolute Gasteiger partial charge is 0.366 e. The van der Waals surface area contributed by atoms with E-state index in [1.54, 1.807) is 30.6 Å². The lowest BCUT2D eigenvalue weighted by Crippen LogP contribution is -2.10. The molecule has 0 radical (unpaired) electrons. The van der Waals surface area contributed by atoms with E-state index in [4.69, 9.17) is 5.73 Å². The molecule has 0 fully saturated rings. The summed E-state index contributed by atoms with van der Waals surface area (Å²) in [7, 11) is 0. The predicted molar refractivity (Wildman–Crippen MR) is 77.8 cm³/mol. The van der Waals surface area contributed by atoms with Crippen molar-refractivity contribution in [3.8, 4) is 0 Å². The van der Waals surface area contributed by atoms with Crippen molar-refractivity contribution >= 4 is 28.3 Å². The van der Waals surface area contributed by atoms with Crippen LogP contribution in [0.4, 0.5) is 11.6 Å². The SMILES string of the molecule is NC(=O)c1ccc2cccc(Nc3ncccn3)c2c1. The van der Waals surface area contributed by atoms with Crippen LogP contribution >= 0.6 is 0 Å². The number of nitrogens with one attached hydrogen (secondary N) is 1. The van der Waals surface area contributed by atoms with Crippen molar-refractivity contribution in [2.24, 2.45) is 5.73 Å². The molecule has 3 N–H and O–H groups in total. The number of hydrogen-bond acceptors (Lipinski definition) is 4. The fourth-order valence-electron chi connectivity index (χ4n) is 2.02. The maximum atomic E-state index is 11.3. The topological polar surface area (TPSA) is 80.9 Å². The summed E-state index contributed by atoms with van der Waals surface area (Å²) in [4.78, 5) is 19.5. The fourth-order valence-corrected chi connectivity index (χ4v) is 2.02. The van der Waals surface area contributed by atoms with E-state index in [0.717, 1.165) is 16.5 Å². The van der Waals surface area contributed by atoms with Gasteiger partial charge in [0.05, 0.1) is 0 Å². The second kappa shape index (κ2) is 4.97. The molecule has 1 amide bonds. The molecule has 0 aliphatic rings. The molecule has 0 spiro atoms. The fraction of sp³-hybridized carbons (Fsp3) is 0. The van der Waals surface area contributed by atoms with Crippen LogP contribution in [0.15, 0.2) is 54.9 Å². The summed E-state index contributed by atoms with van der Waals surface area (Å²) in [5, 5.41) is 5.05. The lowest BCUT2D eigenvalue weighted by Gasteiger charge is -2.09. The summed E-state index contributed by atoms with van der Waals surface area (Å²) < 4.78 is 0. The standard InChI is InChI=1S/C15H12N4O/c16-14(20)11-6-5-10-3-1-4-13(12(10)9-11)19-15-17-7-2-8-18-15/h1-9H,(H2,16,20)(H,17,18,19). The number of nitrogens with two attached hydrogens (primary N) is 1. The molecule has 2 aromatic carbocycles. The number of anilines is 2. The maximum Gasteiger partial charge on any atom is 0.248 e. The first kappa shape index (κ1) is 12.1. The van der Waals surface area contributed by atoms with Gasteiger partial charge in [-0.15, -0.1) is 0 Å². The minimum absolute atomic E-state index is 0.447. The third-order valence-electron chi connectivity index (χ3n) is 2.98. The zero-order valence-electron chi connectivity index (χ0n) is 10.6. The van der Waals surface area contributed by atoms with Gasteiger partial charge in [0.25, 0.3) is 0 Å². The van der Waals surface area contributed by atoms with Gasteiger partial charge in [-0.25, -0.2) is 9.97 Å². The Morgan fingerprint density at radius 3 is 2.60 bits per heavy atom. The molecule has 5 heteroatoms. The molecule has 20 heavy (non-hydrogen) atoms. The zero-order valence-corrected chi connectivity index (χ0v) is 10.6. The number of primary amides is 1. The Balaban J connectivity index is 2.10. The second-order valence-electron chi connectivity index (χ2n) is 4.30.